The Kier molecular flexibility index (Phi) is 7.92. The molecule has 0 radical (unpaired) electrons. The van der Waals surface area contributed by atoms with Crippen LogP contribution in [0.15, 0.2) is 11.6 Å². The number of ketones is 2. The van der Waals surface area contributed by atoms with Gasteiger partial charge in [-0.2, -0.15) is 0 Å². The first-order valence-corrected chi connectivity index (χ1v) is 17.5. The smallest absolute Gasteiger partial charge is 0.337 e. The van der Waals surface area contributed by atoms with Crippen LogP contribution in [-0.4, -0.2) is 70.5 Å². The maximum Gasteiger partial charge on any atom is 0.337 e. The maximum absolute atomic E-state index is 14.9. The summed E-state index contributed by atoms with van der Waals surface area (Å²) in [5.41, 5.74) is 0.169. The third-order valence-corrected chi connectivity index (χ3v) is 15.5. The molecule has 5 aliphatic carbocycles. The topological polar surface area (TPSA) is 130 Å². The molecule has 1 heterocycles. The normalized spacial score (nSPS) is 52.3. The van der Waals surface area contributed by atoms with Crippen molar-refractivity contribution in [2.75, 3.05) is 7.11 Å². The summed E-state index contributed by atoms with van der Waals surface area (Å²) in [7, 11) is 1.16. The summed E-state index contributed by atoms with van der Waals surface area (Å²) in [6.07, 6.45) is 1.99. The highest BCUT2D eigenvalue weighted by Crippen LogP contribution is 2.75. The molecule has 6 aliphatic rings. The van der Waals surface area contributed by atoms with Crippen LogP contribution in [-0.2, 0) is 23.9 Å². The van der Waals surface area contributed by atoms with E-state index in [2.05, 4.69) is 54.5 Å². The fourth-order valence-corrected chi connectivity index (χ4v) is 12.4. The molecule has 5 fully saturated rings. The Hall–Kier alpha value is -1.61. The van der Waals surface area contributed by atoms with Crippen molar-refractivity contribution in [1.29, 1.82) is 0 Å². The van der Waals surface area contributed by atoms with Crippen molar-refractivity contribution in [1.82, 2.24) is 0 Å². The van der Waals surface area contributed by atoms with Crippen molar-refractivity contribution in [3.8, 4) is 0 Å². The first-order valence-electron chi connectivity index (χ1n) is 17.5. The molecule has 0 bridgehead atoms. The molecule has 8 heteroatoms. The van der Waals surface area contributed by atoms with Gasteiger partial charge in [0.2, 0.25) is 0 Å². The predicted molar refractivity (Wildman–Crippen MR) is 168 cm³/mol. The highest BCUT2D eigenvalue weighted by molar-refractivity contribution is 5.91. The lowest BCUT2D eigenvalue weighted by molar-refractivity contribution is -0.232. The van der Waals surface area contributed by atoms with Gasteiger partial charge in [-0.15, -0.1) is 0 Å². The standard InChI is InChI=1S/C37H56O8/c1-19-11-16-37(31(42)29-27(40)26(39)28(41)30(45-29)32(43)44-8)18-17-35(6)21(25(37)20(19)2)9-10-23-34(5)14-13-24(38)33(3,4)22(34)12-15-36(23,35)7/h9,19-20,22-23,25-30,39-41H,10-18H2,1-8H3/t19-,20+,22?,23?,25?,26-,27?,28+,29-,30?,34+,35-,36-,37+/m1/s1. The van der Waals surface area contributed by atoms with Crippen molar-refractivity contribution >= 4 is 17.5 Å². The second-order valence-corrected chi connectivity index (χ2v) is 17.3. The van der Waals surface area contributed by atoms with Crippen LogP contribution >= 0.6 is 0 Å². The van der Waals surface area contributed by atoms with Gasteiger partial charge in [-0.3, -0.25) is 9.59 Å². The van der Waals surface area contributed by atoms with E-state index in [-0.39, 0.29) is 39.3 Å². The van der Waals surface area contributed by atoms with E-state index in [1.54, 1.807) is 0 Å². The second kappa shape index (κ2) is 10.7. The molecule has 5 unspecified atom stereocenters. The number of hydrogen-bond donors (Lipinski definition) is 3. The third kappa shape index (κ3) is 4.26. The van der Waals surface area contributed by atoms with Crippen molar-refractivity contribution in [3.63, 3.8) is 0 Å². The number of aliphatic hydroxyl groups is 3. The highest BCUT2D eigenvalue weighted by atomic mass is 16.6. The minimum atomic E-state index is -1.71. The summed E-state index contributed by atoms with van der Waals surface area (Å²) >= 11 is 0. The number of methoxy groups -OCH3 is 1. The average molecular weight is 629 g/mol. The molecule has 0 amide bonds. The number of aliphatic hydroxyl groups excluding tert-OH is 3. The van der Waals surface area contributed by atoms with Crippen LogP contribution < -0.4 is 0 Å². The quantitative estimate of drug-likeness (QED) is 0.300. The zero-order chi connectivity index (χ0) is 33.1. The van der Waals surface area contributed by atoms with Gasteiger partial charge in [0.25, 0.3) is 0 Å². The molecule has 0 spiro atoms. The molecule has 252 valence electrons. The van der Waals surface area contributed by atoms with Gasteiger partial charge < -0.3 is 24.8 Å². The second-order valence-electron chi connectivity index (χ2n) is 17.3. The van der Waals surface area contributed by atoms with Crippen molar-refractivity contribution < 1.29 is 39.2 Å². The van der Waals surface area contributed by atoms with E-state index in [9.17, 15) is 29.7 Å². The van der Waals surface area contributed by atoms with Crippen LogP contribution in [0.4, 0.5) is 0 Å². The van der Waals surface area contributed by atoms with Crippen LogP contribution in [0.25, 0.3) is 0 Å². The van der Waals surface area contributed by atoms with Crippen LogP contribution in [0.3, 0.4) is 0 Å². The third-order valence-electron chi connectivity index (χ3n) is 15.5. The number of Topliss-reactive ketones (excluding diaryl/α,β-unsaturated/α-hetero) is 2. The van der Waals surface area contributed by atoms with Gasteiger partial charge in [0.1, 0.15) is 30.2 Å². The molecular weight excluding hydrogens is 572 g/mol. The number of carbonyl (C=O) groups excluding carboxylic acids is 3. The lowest BCUT2D eigenvalue weighted by atomic mass is 9.33. The van der Waals surface area contributed by atoms with Crippen molar-refractivity contribution in [2.45, 2.75) is 137 Å². The Labute approximate surface area is 268 Å². The molecule has 1 saturated heterocycles. The first kappa shape index (κ1) is 33.3. The predicted octanol–water partition coefficient (Wildman–Crippen LogP) is 4.81. The van der Waals surface area contributed by atoms with Gasteiger partial charge in [-0.05, 0) is 97.2 Å². The first-order chi connectivity index (χ1) is 20.9. The van der Waals surface area contributed by atoms with E-state index in [4.69, 9.17) is 9.47 Å². The summed E-state index contributed by atoms with van der Waals surface area (Å²) < 4.78 is 10.7. The Balaban J connectivity index is 1.41. The summed E-state index contributed by atoms with van der Waals surface area (Å²) in [5, 5.41) is 32.4. The molecule has 0 aromatic heterocycles. The molecule has 3 N–H and O–H groups in total. The van der Waals surface area contributed by atoms with Crippen LogP contribution in [0.5, 0.6) is 0 Å². The number of esters is 1. The van der Waals surface area contributed by atoms with Gasteiger partial charge in [-0.25, -0.2) is 4.79 Å². The zero-order valence-corrected chi connectivity index (χ0v) is 28.6. The van der Waals surface area contributed by atoms with Crippen molar-refractivity contribution in [3.05, 3.63) is 11.6 Å². The number of carbonyl (C=O) groups is 3. The minimum Gasteiger partial charge on any atom is -0.467 e. The highest BCUT2D eigenvalue weighted by Gasteiger charge is 2.70. The van der Waals surface area contributed by atoms with Gasteiger partial charge in [0.15, 0.2) is 11.9 Å². The Morgan fingerprint density at radius 2 is 1.53 bits per heavy atom. The van der Waals surface area contributed by atoms with Gasteiger partial charge >= 0.3 is 5.97 Å². The van der Waals surface area contributed by atoms with E-state index in [0.29, 0.717) is 42.8 Å². The van der Waals surface area contributed by atoms with E-state index in [1.807, 2.05) is 0 Å². The number of fused-ring (bicyclic) bond motifs is 7. The fourth-order valence-electron chi connectivity index (χ4n) is 12.4. The molecule has 8 nitrogen and oxygen atoms in total. The van der Waals surface area contributed by atoms with Gasteiger partial charge in [-0.1, -0.05) is 60.1 Å². The largest absolute Gasteiger partial charge is 0.467 e. The van der Waals surface area contributed by atoms with E-state index in [1.165, 1.54) is 5.57 Å². The SMILES string of the molecule is COC(=O)C1O[C@@H](C(=O)[C@]23CC[C@@H](C)[C@H](C)C2C2=CCC4[C@@]5(C)CCC(=O)C(C)(C)C5CC[C@@]4(C)[C@]2(C)CC3)C(O)[C@@H](O)[C@@H]1O. The molecule has 0 aromatic carbocycles. The monoisotopic (exact) mass is 628 g/mol. The van der Waals surface area contributed by atoms with E-state index in [0.717, 1.165) is 45.6 Å². The van der Waals surface area contributed by atoms with Crippen molar-refractivity contribution in [2.24, 2.45) is 56.7 Å². The molecule has 4 saturated carbocycles. The lowest BCUT2D eigenvalue weighted by Gasteiger charge is -2.71. The number of ether oxygens (including phenoxy) is 2. The number of allylic oxidation sites excluding steroid dienone is 2. The molecule has 14 atom stereocenters. The average Bonchev–Trinajstić information content (AvgIpc) is 2.99. The Morgan fingerprint density at radius 3 is 2.20 bits per heavy atom. The fraction of sp³-hybridized carbons (Fsp3) is 0.865. The molecule has 6 rings (SSSR count). The summed E-state index contributed by atoms with van der Waals surface area (Å²) in [5.74, 6) is 0.592. The molecular formula is C37H56O8. The summed E-state index contributed by atoms with van der Waals surface area (Å²) in [6.45, 7) is 16.3. The number of rotatable bonds is 3. The van der Waals surface area contributed by atoms with Gasteiger partial charge in [0.05, 0.1) is 7.11 Å². The molecule has 45 heavy (non-hydrogen) atoms. The number of hydrogen-bond acceptors (Lipinski definition) is 8. The lowest BCUT2D eigenvalue weighted by Crippen LogP contribution is -2.67. The Bertz CT molecular complexity index is 1290. The van der Waals surface area contributed by atoms with E-state index < -0.39 is 41.9 Å². The molecule has 1 aliphatic heterocycles. The Morgan fingerprint density at radius 1 is 0.867 bits per heavy atom. The molecule has 0 aromatic rings. The van der Waals surface area contributed by atoms with Crippen LogP contribution in [0.1, 0.15) is 106 Å². The minimum absolute atomic E-state index is 0.00551. The zero-order valence-electron chi connectivity index (χ0n) is 28.6. The van der Waals surface area contributed by atoms with E-state index >= 15 is 0 Å². The maximum atomic E-state index is 14.9. The summed E-state index contributed by atoms with van der Waals surface area (Å²) in [6, 6.07) is 0. The van der Waals surface area contributed by atoms with Crippen LogP contribution in [0, 0.1) is 56.7 Å². The van der Waals surface area contributed by atoms with Crippen LogP contribution in [0.2, 0.25) is 0 Å². The summed E-state index contributed by atoms with van der Waals surface area (Å²) in [4.78, 5) is 40.5. The van der Waals surface area contributed by atoms with Gasteiger partial charge in [0, 0.05) is 17.3 Å².